The normalized spacial score (nSPS) is 11.1. The lowest BCUT2D eigenvalue weighted by Crippen LogP contribution is -2.31. The van der Waals surface area contributed by atoms with Crippen LogP contribution in [0.1, 0.15) is 34.4 Å². The van der Waals surface area contributed by atoms with Crippen LogP contribution in [0.25, 0.3) is 28.2 Å². The summed E-state index contributed by atoms with van der Waals surface area (Å²) in [4.78, 5) is 23.7. The molecule has 0 fully saturated rings. The van der Waals surface area contributed by atoms with Gasteiger partial charge in [0.15, 0.2) is 5.69 Å². The molecule has 0 spiro atoms. The zero-order valence-corrected chi connectivity index (χ0v) is 22.5. The molecule has 0 radical (unpaired) electrons. The monoisotopic (exact) mass is 553 g/mol. The van der Waals surface area contributed by atoms with Gasteiger partial charge in [-0.1, -0.05) is 19.6 Å². The second kappa shape index (κ2) is 10.5. The first-order valence-electron chi connectivity index (χ1n) is 11.4. The number of carbonyl (C=O) groups is 1. The van der Waals surface area contributed by atoms with Crippen LogP contribution in [0.15, 0.2) is 29.5 Å². The molecule has 0 saturated heterocycles. The van der Waals surface area contributed by atoms with Gasteiger partial charge in [-0.25, -0.2) is 4.98 Å². The van der Waals surface area contributed by atoms with E-state index in [0.29, 0.717) is 34.2 Å². The van der Waals surface area contributed by atoms with Crippen LogP contribution >= 0.6 is 15.9 Å². The Balaban J connectivity index is 1.55. The molecule has 4 heterocycles. The number of halogens is 1. The molecule has 11 heteroatoms. The van der Waals surface area contributed by atoms with E-state index >= 15 is 0 Å². The second-order valence-electron chi connectivity index (χ2n) is 8.22. The van der Waals surface area contributed by atoms with Crippen molar-refractivity contribution in [2.45, 2.75) is 20.3 Å². The Morgan fingerprint density at radius 3 is 2.83 bits per heavy atom. The van der Waals surface area contributed by atoms with Crippen LogP contribution in [0.3, 0.4) is 0 Å². The van der Waals surface area contributed by atoms with Crippen molar-refractivity contribution in [2.75, 3.05) is 27.3 Å². The minimum absolute atomic E-state index is 0.190. The molecule has 188 valence electrons. The predicted octanol–water partition coefficient (Wildman–Crippen LogP) is 4.19. The van der Waals surface area contributed by atoms with E-state index < -0.39 is 0 Å². The number of hydrogen-bond acceptors (Lipinski definition) is 7. The Hall–Kier alpha value is -3.73. The van der Waals surface area contributed by atoms with Gasteiger partial charge in [0.05, 0.1) is 36.8 Å². The molecule has 0 aliphatic carbocycles. The van der Waals surface area contributed by atoms with Gasteiger partial charge in [-0.2, -0.15) is 10.2 Å². The molecule has 4 aromatic heterocycles. The first-order chi connectivity index (χ1) is 17.3. The van der Waals surface area contributed by atoms with Crippen LogP contribution in [0, 0.1) is 6.92 Å². The van der Waals surface area contributed by atoms with E-state index in [1.807, 2.05) is 27.0 Å². The van der Waals surface area contributed by atoms with Crippen LogP contribution in [0.5, 0.6) is 11.6 Å². The van der Waals surface area contributed by atoms with E-state index in [1.165, 1.54) is 0 Å². The first-order valence-corrected chi connectivity index (χ1v) is 12.2. The molecule has 0 aromatic carbocycles. The van der Waals surface area contributed by atoms with Crippen LogP contribution in [0.4, 0.5) is 0 Å². The maximum Gasteiger partial charge on any atom is 0.274 e. The number of hydrogen-bond donors (Lipinski definition) is 1. The summed E-state index contributed by atoms with van der Waals surface area (Å²) in [6.07, 6.45) is 4.04. The Kier molecular flexibility index (Phi) is 7.39. The van der Waals surface area contributed by atoms with Gasteiger partial charge in [0.25, 0.3) is 5.91 Å². The first kappa shape index (κ1) is 25.4. The highest BCUT2D eigenvalue weighted by molar-refractivity contribution is 9.10. The summed E-state index contributed by atoms with van der Waals surface area (Å²) in [7, 11) is 5.11. The van der Waals surface area contributed by atoms with Crippen LogP contribution in [0.2, 0.25) is 0 Å². The SMILES string of the molecule is C=Cc1c(C(=O)N(C)CCOc2cnc(OC)cc2-c2cc3c(Br)n[nH]c3c(C)n2)nn(C)c1CC. The topological polar surface area (TPSA) is 111 Å². The highest BCUT2D eigenvalue weighted by Gasteiger charge is 2.22. The molecule has 1 amide bonds. The van der Waals surface area contributed by atoms with Gasteiger partial charge < -0.3 is 14.4 Å². The van der Waals surface area contributed by atoms with Crippen molar-refractivity contribution < 1.29 is 14.3 Å². The van der Waals surface area contributed by atoms with Gasteiger partial charge in [-0.15, -0.1) is 0 Å². The number of fused-ring (bicyclic) bond motifs is 1. The predicted molar refractivity (Wildman–Crippen MR) is 141 cm³/mol. The molecule has 0 aliphatic rings. The molecule has 10 nitrogen and oxygen atoms in total. The molecule has 1 N–H and O–H groups in total. The summed E-state index contributed by atoms with van der Waals surface area (Å²) in [5, 5.41) is 12.5. The standard InChI is InChI=1S/C25H28BrN7O3/c1-7-15-19(8-2)33(5)31-23(15)25(34)32(4)9-10-36-20-13-27-21(35-6)12-16(20)18-11-17-22(14(3)28-18)29-30-24(17)26/h7,11-13H,1,8-10H2,2-6H3,(H,29,30). The van der Waals surface area contributed by atoms with Crippen LogP contribution in [-0.4, -0.2) is 68.1 Å². The molecule has 0 unspecified atom stereocenters. The maximum atomic E-state index is 13.1. The fourth-order valence-corrected chi connectivity index (χ4v) is 4.47. The molecule has 0 bridgehead atoms. The maximum absolute atomic E-state index is 13.1. The van der Waals surface area contributed by atoms with Crippen molar-refractivity contribution in [1.29, 1.82) is 0 Å². The summed E-state index contributed by atoms with van der Waals surface area (Å²) in [5.74, 6) is 0.777. The fraction of sp³-hybridized carbons (Fsp3) is 0.320. The van der Waals surface area contributed by atoms with Gasteiger partial charge >= 0.3 is 0 Å². The zero-order chi connectivity index (χ0) is 26.0. The summed E-state index contributed by atoms with van der Waals surface area (Å²) in [6.45, 7) is 8.38. The molecule has 0 saturated carbocycles. The highest BCUT2D eigenvalue weighted by Crippen LogP contribution is 2.34. The van der Waals surface area contributed by atoms with Gasteiger partial charge in [-0.3, -0.25) is 19.6 Å². The third-order valence-corrected chi connectivity index (χ3v) is 6.60. The summed E-state index contributed by atoms with van der Waals surface area (Å²) < 4.78 is 13.8. The highest BCUT2D eigenvalue weighted by atomic mass is 79.9. The number of aryl methyl sites for hydroxylation is 2. The van der Waals surface area contributed by atoms with E-state index in [1.54, 1.807) is 42.1 Å². The largest absolute Gasteiger partial charge is 0.489 e. The van der Waals surface area contributed by atoms with Crippen molar-refractivity contribution in [1.82, 2.24) is 34.8 Å². The van der Waals surface area contributed by atoms with Crippen molar-refractivity contribution in [2.24, 2.45) is 7.05 Å². The average molecular weight is 554 g/mol. The van der Waals surface area contributed by atoms with E-state index in [0.717, 1.165) is 39.8 Å². The molecular weight excluding hydrogens is 526 g/mol. The number of aromatic nitrogens is 6. The van der Waals surface area contributed by atoms with Gasteiger partial charge in [-0.05, 0) is 35.3 Å². The van der Waals surface area contributed by atoms with Gasteiger partial charge in [0.1, 0.15) is 17.0 Å². The third-order valence-electron chi connectivity index (χ3n) is 6.00. The molecule has 4 rings (SSSR count). The number of nitrogens with one attached hydrogen (secondary N) is 1. The number of H-pyrrole nitrogens is 1. The summed E-state index contributed by atoms with van der Waals surface area (Å²) in [6, 6.07) is 3.71. The second-order valence-corrected chi connectivity index (χ2v) is 8.97. The number of rotatable bonds is 9. The molecule has 36 heavy (non-hydrogen) atoms. The van der Waals surface area contributed by atoms with Crippen molar-refractivity contribution in [3.63, 3.8) is 0 Å². The Morgan fingerprint density at radius 2 is 2.14 bits per heavy atom. The number of nitrogens with zero attached hydrogens (tertiary/aromatic N) is 6. The molecular formula is C25H28BrN7O3. The van der Waals surface area contributed by atoms with E-state index in [9.17, 15) is 4.79 Å². The number of methoxy groups -OCH3 is 1. The van der Waals surface area contributed by atoms with Crippen LogP contribution in [-0.2, 0) is 13.5 Å². The van der Waals surface area contributed by atoms with E-state index in [4.69, 9.17) is 14.5 Å². The molecule has 4 aromatic rings. The summed E-state index contributed by atoms with van der Waals surface area (Å²) >= 11 is 3.48. The fourth-order valence-electron chi connectivity index (χ4n) is 4.07. The van der Waals surface area contributed by atoms with Crippen molar-refractivity contribution in [3.8, 4) is 22.9 Å². The van der Waals surface area contributed by atoms with Crippen molar-refractivity contribution in [3.05, 3.63) is 52.2 Å². The number of ether oxygens (including phenoxy) is 2. The minimum atomic E-state index is -0.190. The Labute approximate surface area is 217 Å². The average Bonchev–Trinajstić information content (AvgIpc) is 3.42. The lowest BCUT2D eigenvalue weighted by molar-refractivity contribution is 0.0767. The summed E-state index contributed by atoms with van der Waals surface area (Å²) in [5.41, 5.74) is 5.19. The molecule has 0 aliphatic heterocycles. The lowest BCUT2D eigenvalue weighted by atomic mass is 10.1. The zero-order valence-electron chi connectivity index (χ0n) is 20.9. The number of likely N-dealkylation sites (N-methyl/N-ethyl adjacent to an activating group) is 1. The smallest absolute Gasteiger partial charge is 0.274 e. The Morgan fingerprint density at radius 1 is 1.36 bits per heavy atom. The van der Waals surface area contributed by atoms with Crippen LogP contribution < -0.4 is 9.47 Å². The Bertz CT molecular complexity index is 1440. The van der Waals surface area contributed by atoms with Gasteiger partial charge in [0.2, 0.25) is 5.88 Å². The van der Waals surface area contributed by atoms with Gasteiger partial charge in [0, 0.05) is 42.4 Å². The number of carbonyl (C=O) groups excluding carboxylic acids is 1. The number of pyridine rings is 2. The molecule has 0 atom stereocenters. The minimum Gasteiger partial charge on any atom is -0.489 e. The van der Waals surface area contributed by atoms with E-state index in [-0.39, 0.29) is 12.5 Å². The lowest BCUT2D eigenvalue weighted by Gasteiger charge is -2.18. The third kappa shape index (κ3) is 4.70. The quantitative estimate of drug-likeness (QED) is 0.330. The van der Waals surface area contributed by atoms with Crippen molar-refractivity contribution >= 4 is 38.8 Å². The van der Waals surface area contributed by atoms with E-state index in [2.05, 4.69) is 42.8 Å². The number of amides is 1. The number of aromatic amines is 1.